The SMILES string of the molecule is CC(=O)N(C(C)=O)c1c(C(=O)c2ccc(Cl)cc2Cl)oc2cc3c(cc12)CCCC3. The van der Waals surface area contributed by atoms with Crippen LogP contribution in [0.25, 0.3) is 11.0 Å². The fourth-order valence-corrected chi connectivity index (χ4v) is 4.52. The topological polar surface area (TPSA) is 67.6 Å². The third-order valence-corrected chi connectivity index (χ3v) is 5.91. The van der Waals surface area contributed by atoms with E-state index in [1.54, 1.807) is 6.07 Å². The summed E-state index contributed by atoms with van der Waals surface area (Å²) in [7, 11) is 0. The zero-order valence-corrected chi connectivity index (χ0v) is 18.1. The summed E-state index contributed by atoms with van der Waals surface area (Å²) in [6, 6.07) is 8.36. The smallest absolute Gasteiger partial charge is 0.231 e. The molecular formula is C23H19Cl2NO4. The molecule has 0 unspecified atom stereocenters. The fraction of sp³-hybridized carbons (Fsp3) is 0.261. The first-order valence-electron chi connectivity index (χ1n) is 9.67. The van der Waals surface area contributed by atoms with E-state index in [-0.39, 0.29) is 22.0 Å². The lowest BCUT2D eigenvalue weighted by atomic mass is 9.90. The second-order valence-corrected chi connectivity index (χ2v) is 8.27. The van der Waals surface area contributed by atoms with Crippen molar-refractivity contribution < 1.29 is 18.8 Å². The number of halogens is 2. The Morgan fingerprint density at radius 2 is 1.57 bits per heavy atom. The third kappa shape index (κ3) is 3.53. The highest BCUT2D eigenvalue weighted by Crippen LogP contribution is 2.39. The van der Waals surface area contributed by atoms with Gasteiger partial charge in [-0.3, -0.25) is 14.4 Å². The molecule has 2 aromatic carbocycles. The molecule has 0 aliphatic heterocycles. The van der Waals surface area contributed by atoms with Crippen molar-refractivity contribution in [3.8, 4) is 0 Å². The molecule has 1 aliphatic carbocycles. The molecule has 2 amide bonds. The van der Waals surface area contributed by atoms with Gasteiger partial charge in [0, 0.05) is 29.8 Å². The van der Waals surface area contributed by atoms with Crippen molar-refractivity contribution in [3.63, 3.8) is 0 Å². The lowest BCUT2D eigenvalue weighted by Crippen LogP contribution is -2.34. The Morgan fingerprint density at radius 3 is 2.17 bits per heavy atom. The fourth-order valence-electron chi connectivity index (χ4n) is 4.02. The minimum absolute atomic E-state index is 0.0954. The molecule has 0 spiro atoms. The third-order valence-electron chi connectivity index (χ3n) is 5.36. The van der Waals surface area contributed by atoms with Crippen LogP contribution in [-0.2, 0) is 22.4 Å². The number of carbonyl (C=O) groups excluding carboxylic acids is 3. The predicted octanol–water partition coefficient (Wildman–Crippen LogP) is 5.75. The molecule has 30 heavy (non-hydrogen) atoms. The number of nitrogens with zero attached hydrogens (tertiary/aromatic N) is 1. The number of rotatable bonds is 3. The normalized spacial score (nSPS) is 13.2. The van der Waals surface area contributed by atoms with E-state index in [9.17, 15) is 14.4 Å². The molecule has 1 heterocycles. The van der Waals surface area contributed by atoms with Crippen molar-refractivity contribution in [3.05, 3.63) is 62.8 Å². The highest BCUT2D eigenvalue weighted by molar-refractivity contribution is 6.38. The van der Waals surface area contributed by atoms with E-state index in [2.05, 4.69) is 0 Å². The molecule has 0 saturated carbocycles. The molecule has 1 aliphatic rings. The lowest BCUT2D eigenvalue weighted by Gasteiger charge is -2.19. The Hall–Kier alpha value is -2.63. The minimum atomic E-state index is -0.520. The van der Waals surface area contributed by atoms with E-state index in [0.29, 0.717) is 16.0 Å². The Bertz CT molecular complexity index is 1200. The summed E-state index contributed by atoms with van der Waals surface area (Å²) in [6.45, 7) is 2.56. The number of carbonyl (C=O) groups is 3. The van der Waals surface area contributed by atoms with Gasteiger partial charge in [0.05, 0.1) is 5.02 Å². The molecule has 0 radical (unpaired) electrons. The van der Waals surface area contributed by atoms with Gasteiger partial charge in [0.15, 0.2) is 5.76 Å². The molecule has 0 N–H and O–H groups in total. The highest BCUT2D eigenvalue weighted by atomic mass is 35.5. The number of amides is 2. The number of fused-ring (bicyclic) bond motifs is 2. The Kier molecular flexibility index (Phi) is 5.43. The second kappa shape index (κ2) is 7.89. The maximum atomic E-state index is 13.4. The molecule has 0 bridgehead atoms. The molecule has 3 aromatic rings. The second-order valence-electron chi connectivity index (χ2n) is 7.43. The molecule has 1 aromatic heterocycles. The van der Waals surface area contributed by atoms with Crippen molar-refractivity contribution in [2.45, 2.75) is 39.5 Å². The first-order chi connectivity index (χ1) is 14.3. The van der Waals surface area contributed by atoms with Crippen molar-refractivity contribution in [2.24, 2.45) is 0 Å². The van der Waals surface area contributed by atoms with Gasteiger partial charge in [-0.25, -0.2) is 4.90 Å². The van der Waals surface area contributed by atoms with Crippen molar-refractivity contribution in [2.75, 3.05) is 4.90 Å². The molecule has 5 nitrogen and oxygen atoms in total. The van der Waals surface area contributed by atoms with Gasteiger partial charge in [0.25, 0.3) is 0 Å². The first kappa shape index (κ1) is 20.6. The number of furan rings is 1. The summed E-state index contributed by atoms with van der Waals surface area (Å²) in [4.78, 5) is 39.0. The van der Waals surface area contributed by atoms with Crippen LogP contribution in [0.4, 0.5) is 5.69 Å². The number of anilines is 1. The maximum absolute atomic E-state index is 13.4. The van der Waals surface area contributed by atoms with E-state index in [0.717, 1.165) is 41.7 Å². The van der Waals surface area contributed by atoms with Crippen LogP contribution in [0.1, 0.15) is 53.9 Å². The van der Waals surface area contributed by atoms with E-state index in [4.69, 9.17) is 27.6 Å². The molecule has 154 valence electrons. The standard InChI is InChI=1S/C23H19Cl2NO4/c1-12(27)26(13(2)28)21-18-9-14-5-3-4-6-15(14)10-20(18)30-23(21)22(29)17-8-7-16(24)11-19(17)25/h7-11H,3-6H2,1-2H3. The van der Waals surface area contributed by atoms with Crippen LogP contribution in [0.2, 0.25) is 10.0 Å². The van der Waals surface area contributed by atoms with Gasteiger partial charge in [-0.1, -0.05) is 23.2 Å². The monoisotopic (exact) mass is 443 g/mol. The molecular weight excluding hydrogens is 425 g/mol. The van der Waals surface area contributed by atoms with Crippen molar-refractivity contribution in [1.29, 1.82) is 0 Å². The van der Waals surface area contributed by atoms with Gasteiger partial charge in [0.2, 0.25) is 17.6 Å². The average Bonchev–Trinajstić information content (AvgIpc) is 3.03. The zero-order chi connectivity index (χ0) is 21.6. The van der Waals surface area contributed by atoms with Crippen LogP contribution >= 0.6 is 23.2 Å². The number of benzene rings is 2. The number of hydrogen-bond acceptors (Lipinski definition) is 4. The molecule has 0 saturated heterocycles. The largest absolute Gasteiger partial charge is 0.450 e. The van der Waals surface area contributed by atoms with Gasteiger partial charge < -0.3 is 4.42 Å². The summed E-state index contributed by atoms with van der Waals surface area (Å²) < 4.78 is 5.96. The summed E-state index contributed by atoms with van der Waals surface area (Å²) in [5.41, 5.74) is 3.11. The number of aryl methyl sites for hydroxylation is 2. The summed E-state index contributed by atoms with van der Waals surface area (Å²) >= 11 is 12.2. The number of ketones is 1. The Morgan fingerprint density at radius 1 is 0.933 bits per heavy atom. The van der Waals surface area contributed by atoms with Gasteiger partial charge in [-0.15, -0.1) is 0 Å². The van der Waals surface area contributed by atoms with Gasteiger partial charge >= 0.3 is 0 Å². The van der Waals surface area contributed by atoms with E-state index >= 15 is 0 Å². The minimum Gasteiger partial charge on any atom is -0.450 e. The first-order valence-corrected chi connectivity index (χ1v) is 10.4. The van der Waals surface area contributed by atoms with Crippen molar-refractivity contribution >= 4 is 57.5 Å². The van der Waals surface area contributed by atoms with Crippen LogP contribution in [0.3, 0.4) is 0 Å². The van der Waals surface area contributed by atoms with E-state index in [1.165, 1.54) is 26.0 Å². The van der Waals surface area contributed by atoms with Gasteiger partial charge in [-0.05, 0) is 67.1 Å². The van der Waals surface area contributed by atoms with Crippen molar-refractivity contribution in [1.82, 2.24) is 0 Å². The maximum Gasteiger partial charge on any atom is 0.231 e. The molecule has 4 rings (SSSR count). The zero-order valence-electron chi connectivity index (χ0n) is 16.6. The van der Waals surface area contributed by atoms with Crippen LogP contribution in [-0.4, -0.2) is 17.6 Å². The van der Waals surface area contributed by atoms with E-state index in [1.807, 2.05) is 12.1 Å². The Balaban J connectivity index is 2.00. The molecule has 0 fully saturated rings. The van der Waals surface area contributed by atoms with Gasteiger partial charge in [-0.2, -0.15) is 0 Å². The molecule has 0 atom stereocenters. The summed E-state index contributed by atoms with van der Waals surface area (Å²) in [6.07, 6.45) is 3.99. The predicted molar refractivity (Wildman–Crippen MR) is 117 cm³/mol. The van der Waals surface area contributed by atoms with Gasteiger partial charge in [0.1, 0.15) is 11.3 Å². The van der Waals surface area contributed by atoms with E-state index < -0.39 is 17.6 Å². The average molecular weight is 444 g/mol. The summed E-state index contributed by atoms with van der Waals surface area (Å²) in [5.74, 6) is -1.62. The quantitative estimate of drug-likeness (QED) is 0.483. The number of hydrogen-bond donors (Lipinski definition) is 0. The summed E-state index contributed by atoms with van der Waals surface area (Å²) in [5, 5.41) is 1.12. The molecule has 7 heteroatoms. The van der Waals surface area contributed by atoms with Crippen LogP contribution < -0.4 is 4.90 Å². The van der Waals surface area contributed by atoms with Crippen LogP contribution in [0, 0.1) is 0 Å². The van der Waals surface area contributed by atoms with Crippen LogP contribution in [0.15, 0.2) is 34.7 Å². The van der Waals surface area contributed by atoms with Crippen LogP contribution in [0.5, 0.6) is 0 Å². The number of imide groups is 1. The lowest BCUT2D eigenvalue weighted by molar-refractivity contribution is -0.124. The highest BCUT2D eigenvalue weighted by Gasteiger charge is 2.31. The Labute approximate surface area is 183 Å².